The van der Waals surface area contributed by atoms with Crippen molar-refractivity contribution in [2.75, 3.05) is 26.3 Å². The van der Waals surface area contributed by atoms with E-state index in [0.29, 0.717) is 6.61 Å². The largest absolute Gasteiger partial charge is 0.480 e. The molecule has 1 aliphatic heterocycles. The zero-order valence-electron chi connectivity index (χ0n) is 10.7. The van der Waals surface area contributed by atoms with Crippen LogP contribution >= 0.6 is 0 Å². The van der Waals surface area contributed by atoms with Crippen LogP contribution < -0.4 is 0 Å². The van der Waals surface area contributed by atoms with E-state index in [1.807, 2.05) is 0 Å². The minimum atomic E-state index is -0.633. The fourth-order valence-corrected chi connectivity index (χ4v) is 3.40. The molecule has 2 unspecified atom stereocenters. The first-order valence-electron chi connectivity index (χ1n) is 6.74. The first-order valence-corrected chi connectivity index (χ1v) is 6.74. The lowest BCUT2D eigenvalue weighted by Gasteiger charge is -2.46. The third-order valence-corrected chi connectivity index (χ3v) is 4.42. The van der Waals surface area contributed by atoms with E-state index in [-0.39, 0.29) is 5.92 Å². The summed E-state index contributed by atoms with van der Waals surface area (Å²) in [7, 11) is 0. The Labute approximate surface area is 103 Å². The number of nitrogens with zero attached hydrogens (tertiary/aromatic N) is 1. The zero-order valence-corrected chi connectivity index (χ0v) is 10.7. The van der Waals surface area contributed by atoms with E-state index in [9.17, 15) is 9.90 Å². The Hall–Kier alpha value is -0.610. The van der Waals surface area contributed by atoms with Crippen molar-refractivity contribution in [2.24, 2.45) is 5.92 Å². The number of ether oxygens (including phenoxy) is 1. The fourth-order valence-electron chi connectivity index (χ4n) is 3.40. The lowest BCUT2D eigenvalue weighted by Crippen LogP contribution is -2.60. The number of carbonyl (C=O) groups is 1. The Morgan fingerprint density at radius 1 is 1.29 bits per heavy atom. The highest BCUT2D eigenvalue weighted by molar-refractivity contribution is 5.79. The smallest absolute Gasteiger partial charge is 0.324 e. The molecule has 0 radical (unpaired) electrons. The summed E-state index contributed by atoms with van der Waals surface area (Å²) in [5.74, 6) is -0.390. The molecule has 1 aliphatic carbocycles. The van der Waals surface area contributed by atoms with Crippen molar-refractivity contribution in [1.82, 2.24) is 4.90 Å². The van der Waals surface area contributed by atoms with Gasteiger partial charge in [0.1, 0.15) is 5.54 Å². The zero-order chi connectivity index (χ0) is 12.3. The van der Waals surface area contributed by atoms with Crippen molar-refractivity contribution in [3.05, 3.63) is 0 Å². The molecule has 17 heavy (non-hydrogen) atoms. The van der Waals surface area contributed by atoms with Gasteiger partial charge in [0.15, 0.2) is 0 Å². The van der Waals surface area contributed by atoms with Crippen LogP contribution in [0.1, 0.15) is 39.0 Å². The maximum Gasteiger partial charge on any atom is 0.324 e. The Balaban J connectivity index is 2.22. The number of aliphatic carboxylic acids is 1. The van der Waals surface area contributed by atoms with E-state index in [2.05, 4.69) is 11.8 Å². The van der Waals surface area contributed by atoms with Gasteiger partial charge in [-0.1, -0.05) is 19.8 Å². The van der Waals surface area contributed by atoms with Gasteiger partial charge in [-0.3, -0.25) is 9.69 Å². The van der Waals surface area contributed by atoms with Crippen LogP contribution in [0.3, 0.4) is 0 Å². The molecular weight excluding hydrogens is 218 g/mol. The van der Waals surface area contributed by atoms with Gasteiger partial charge in [-0.2, -0.15) is 0 Å². The summed E-state index contributed by atoms with van der Waals surface area (Å²) in [5.41, 5.74) is -0.633. The first kappa shape index (κ1) is 12.8. The van der Waals surface area contributed by atoms with Gasteiger partial charge in [0.05, 0.1) is 6.61 Å². The van der Waals surface area contributed by atoms with Crippen molar-refractivity contribution in [2.45, 2.75) is 44.6 Å². The molecule has 2 atom stereocenters. The second kappa shape index (κ2) is 5.36. The van der Waals surface area contributed by atoms with Gasteiger partial charge in [-0.05, 0) is 25.2 Å². The molecule has 0 amide bonds. The number of carboxylic acids is 1. The average molecular weight is 241 g/mol. The molecule has 2 fully saturated rings. The highest BCUT2D eigenvalue weighted by Crippen LogP contribution is 2.39. The summed E-state index contributed by atoms with van der Waals surface area (Å²) < 4.78 is 5.44. The predicted octanol–water partition coefficient (Wildman–Crippen LogP) is 1.74. The van der Waals surface area contributed by atoms with Crippen LogP contribution in [0, 0.1) is 5.92 Å². The summed E-state index contributed by atoms with van der Waals surface area (Å²) in [6.45, 7) is 5.15. The molecule has 0 aromatic carbocycles. The number of hydrogen-bond acceptors (Lipinski definition) is 3. The summed E-state index contributed by atoms with van der Waals surface area (Å²) in [4.78, 5) is 14.0. The lowest BCUT2D eigenvalue weighted by molar-refractivity contribution is -0.158. The minimum Gasteiger partial charge on any atom is -0.480 e. The molecule has 0 aromatic heterocycles. The van der Waals surface area contributed by atoms with E-state index in [1.165, 1.54) is 6.42 Å². The van der Waals surface area contributed by atoms with E-state index in [1.54, 1.807) is 0 Å². The van der Waals surface area contributed by atoms with Gasteiger partial charge < -0.3 is 9.84 Å². The first-order chi connectivity index (χ1) is 8.18. The van der Waals surface area contributed by atoms with Gasteiger partial charge >= 0.3 is 5.97 Å². The number of carboxylic acid groups (broad SMARTS) is 1. The maximum atomic E-state index is 11.8. The van der Waals surface area contributed by atoms with Gasteiger partial charge in [0.2, 0.25) is 0 Å². The van der Waals surface area contributed by atoms with Crippen LogP contribution in [-0.4, -0.2) is 47.8 Å². The third kappa shape index (κ3) is 2.33. The molecule has 0 spiro atoms. The summed E-state index contributed by atoms with van der Waals surface area (Å²) >= 11 is 0. The van der Waals surface area contributed by atoms with Crippen LogP contribution in [0.25, 0.3) is 0 Å². The van der Waals surface area contributed by atoms with Gasteiger partial charge in [0, 0.05) is 19.7 Å². The molecule has 1 heterocycles. The van der Waals surface area contributed by atoms with Crippen molar-refractivity contribution >= 4 is 5.97 Å². The summed E-state index contributed by atoms with van der Waals surface area (Å²) in [6.07, 6.45) is 4.98. The summed E-state index contributed by atoms with van der Waals surface area (Å²) in [6, 6.07) is 0. The standard InChI is InChI=1S/C13H23NO3/c1-11-5-2-3-6-13(11,12(15)16)14-7-4-9-17-10-8-14/h11H,2-10H2,1H3,(H,15,16). The van der Waals surface area contributed by atoms with Crippen LogP contribution in [0.5, 0.6) is 0 Å². The van der Waals surface area contributed by atoms with E-state index in [4.69, 9.17) is 4.74 Å². The molecule has 2 aliphatic rings. The van der Waals surface area contributed by atoms with E-state index >= 15 is 0 Å². The summed E-state index contributed by atoms with van der Waals surface area (Å²) in [5, 5.41) is 9.72. The van der Waals surface area contributed by atoms with Crippen LogP contribution in [0.2, 0.25) is 0 Å². The molecule has 4 heteroatoms. The van der Waals surface area contributed by atoms with Crippen LogP contribution in [0.15, 0.2) is 0 Å². The second-order valence-corrected chi connectivity index (χ2v) is 5.33. The number of hydrogen-bond donors (Lipinski definition) is 1. The van der Waals surface area contributed by atoms with Gasteiger partial charge in [-0.15, -0.1) is 0 Å². The highest BCUT2D eigenvalue weighted by atomic mass is 16.5. The molecule has 1 saturated heterocycles. The number of rotatable bonds is 2. The van der Waals surface area contributed by atoms with Gasteiger partial charge in [-0.25, -0.2) is 0 Å². The van der Waals surface area contributed by atoms with Crippen molar-refractivity contribution in [3.8, 4) is 0 Å². The van der Waals surface area contributed by atoms with Crippen LogP contribution in [0.4, 0.5) is 0 Å². The Morgan fingerprint density at radius 2 is 2.12 bits per heavy atom. The van der Waals surface area contributed by atoms with Crippen molar-refractivity contribution in [1.29, 1.82) is 0 Å². The molecular formula is C13H23NO3. The van der Waals surface area contributed by atoms with Crippen molar-refractivity contribution < 1.29 is 14.6 Å². The van der Waals surface area contributed by atoms with Crippen LogP contribution in [-0.2, 0) is 9.53 Å². The molecule has 0 aromatic rings. The second-order valence-electron chi connectivity index (χ2n) is 5.33. The Bertz CT molecular complexity index is 274. The predicted molar refractivity (Wildman–Crippen MR) is 65.0 cm³/mol. The topological polar surface area (TPSA) is 49.8 Å². The lowest BCUT2D eigenvalue weighted by atomic mass is 9.72. The monoisotopic (exact) mass is 241 g/mol. The van der Waals surface area contributed by atoms with E-state index in [0.717, 1.165) is 45.4 Å². The quantitative estimate of drug-likeness (QED) is 0.800. The average Bonchev–Trinajstić information content (AvgIpc) is 2.58. The molecule has 1 N–H and O–H groups in total. The van der Waals surface area contributed by atoms with E-state index < -0.39 is 11.5 Å². The Kier molecular flexibility index (Phi) is 4.05. The SMILES string of the molecule is CC1CCCCC1(C(=O)O)N1CCCOCC1. The van der Waals surface area contributed by atoms with Gasteiger partial charge in [0.25, 0.3) is 0 Å². The maximum absolute atomic E-state index is 11.8. The fraction of sp³-hybridized carbons (Fsp3) is 0.923. The molecule has 0 bridgehead atoms. The molecule has 4 nitrogen and oxygen atoms in total. The minimum absolute atomic E-state index is 0.242. The molecule has 2 rings (SSSR count). The Morgan fingerprint density at radius 3 is 2.82 bits per heavy atom. The highest BCUT2D eigenvalue weighted by Gasteiger charge is 2.49. The third-order valence-electron chi connectivity index (χ3n) is 4.42. The van der Waals surface area contributed by atoms with Crippen molar-refractivity contribution in [3.63, 3.8) is 0 Å². The normalized spacial score (nSPS) is 36.4. The molecule has 98 valence electrons. The molecule has 1 saturated carbocycles.